The van der Waals surface area contributed by atoms with E-state index in [4.69, 9.17) is 4.74 Å². The maximum atomic E-state index is 13.2. The summed E-state index contributed by atoms with van der Waals surface area (Å²) < 4.78 is 34.4. The standard InChI is InChI=1S/C26H28N4O4S/c1-17-9-8-12-30-15-20(27-25(17)30)16-34-24-11-7-6-10-22(24)26(31)28-23-14-21(13-18(2)19(23)3)35(32,33)29(4)5/h6-15H,16H2,1-5H3,(H,28,31). The van der Waals surface area contributed by atoms with Crippen LogP contribution in [0.25, 0.3) is 5.65 Å². The Morgan fingerprint density at radius 1 is 1.06 bits per heavy atom. The van der Waals surface area contributed by atoms with Gasteiger partial charge >= 0.3 is 0 Å². The maximum Gasteiger partial charge on any atom is 0.259 e. The molecule has 1 amide bonds. The lowest BCUT2D eigenvalue weighted by molar-refractivity contribution is 0.102. The minimum Gasteiger partial charge on any atom is -0.486 e. The number of aromatic nitrogens is 2. The van der Waals surface area contributed by atoms with E-state index < -0.39 is 15.9 Å². The summed E-state index contributed by atoms with van der Waals surface area (Å²) in [5.41, 5.74) is 4.97. The summed E-state index contributed by atoms with van der Waals surface area (Å²) in [5, 5.41) is 2.86. The van der Waals surface area contributed by atoms with Gasteiger partial charge in [-0.3, -0.25) is 4.79 Å². The summed E-state index contributed by atoms with van der Waals surface area (Å²) in [6.07, 6.45) is 3.82. The molecule has 9 heteroatoms. The van der Waals surface area contributed by atoms with Crippen molar-refractivity contribution >= 4 is 27.3 Å². The second-order valence-corrected chi connectivity index (χ2v) is 10.7. The average molecular weight is 493 g/mol. The minimum atomic E-state index is -3.65. The van der Waals surface area contributed by atoms with Crippen LogP contribution < -0.4 is 10.1 Å². The molecule has 1 N–H and O–H groups in total. The number of nitrogens with zero attached hydrogens (tertiary/aromatic N) is 3. The van der Waals surface area contributed by atoms with E-state index in [1.807, 2.05) is 49.7 Å². The van der Waals surface area contributed by atoms with Gasteiger partial charge in [-0.15, -0.1) is 0 Å². The Bertz CT molecular complexity index is 1520. The molecule has 0 aliphatic carbocycles. The highest BCUT2D eigenvalue weighted by Crippen LogP contribution is 2.27. The topological polar surface area (TPSA) is 93.0 Å². The molecule has 0 spiro atoms. The number of pyridine rings is 1. The SMILES string of the molecule is Cc1cc(S(=O)(=O)N(C)C)cc(NC(=O)c2ccccc2OCc2cn3cccc(C)c3n2)c1C. The first-order chi connectivity index (χ1) is 16.6. The predicted molar refractivity (Wildman–Crippen MR) is 135 cm³/mol. The van der Waals surface area contributed by atoms with Crippen molar-refractivity contribution in [1.82, 2.24) is 13.7 Å². The van der Waals surface area contributed by atoms with Gasteiger partial charge in [0.2, 0.25) is 10.0 Å². The number of carbonyl (C=O) groups excluding carboxylic acids is 1. The van der Waals surface area contributed by atoms with Gasteiger partial charge in [0.15, 0.2) is 0 Å². The Balaban J connectivity index is 1.58. The number of fused-ring (bicyclic) bond motifs is 1. The number of rotatable bonds is 7. The van der Waals surface area contributed by atoms with Crippen LogP contribution >= 0.6 is 0 Å². The number of hydrogen-bond donors (Lipinski definition) is 1. The summed E-state index contributed by atoms with van der Waals surface area (Å²) in [7, 11) is -0.706. The zero-order chi connectivity index (χ0) is 25.3. The molecule has 4 rings (SSSR count). The fourth-order valence-corrected chi connectivity index (χ4v) is 4.73. The van der Waals surface area contributed by atoms with E-state index >= 15 is 0 Å². The molecular weight excluding hydrogens is 464 g/mol. The predicted octanol–water partition coefficient (Wildman–Crippen LogP) is 4.34. The molecule has 8 nitrogen and oxygen atoms in total. The Morgan fingerprint density at radius 2 is 1.80 bits per heavy atom. The number of sulfonamides is 1. The van der Waals surface area contributed by atoms with Gasteiger partial charge in [0.05, 0.1) is 16.2 Å². The Hall–Kier alpha value is -3.69. The molecule has 182 valence electrons. The molecule has 2 aromatic carbocycles. The summed E-state index contributed by atoms with van der Waals surface area (Å²) in [6, 6.07) is 14.0. The molecule has 0 saturated heterocycles. The van der Waals surface area contributed by atoms with Gasteiger partial charge in [0, 0.05) is 32.2 Å². The number of amides is 1. The number of nitrogens with one attached hydrogen (secondary N) is 1. The first-order valence-corrected chi connectivity index (χ1v) is 12.5. The van der Waals surface area contributed by atoms with Crippen LogP contribution in [0.2, 0.25) is 0 Å². The fourth-order valence-electron chi connectivity index (χ4n) is 3.71. The molecule has 0 aliphatic heterocycles. The number of carbonyl (C=O) groups is 1. The smallest absolute Gasteiger partial charge is 0.259 e. The normalized spacial score (nSPS) is 11.7. The van der Waals surface area contributed by atoms with E-state index in [2.05, 4.69) is 10.3 Å². The molecule has 0 fully saturated rings. The Morgan fingerprint density at radius 3 is 2.51 bits per heavy atom. The molecule has 2 heterocycles. The molecule has 0 bridgehead atoms. The summed E-state index contributed by atoms with van der Waals surface area (Å²) in [6.45, 7) is 5.84. The highest BCUT2D eigenvalue weighted by Gasteiger charge is 2.21. The van der Waals surface area contributed by atoms with E-state index in [1.165, 1.54) is 20.2 Å². The van der Waals surface area contributed by atoms with Crippen LogP contribution in [0.1, 0.15) is 32.7 Å². The van der Waals surface area contributed by atoms with E-state index in [1.54, 1.807) is 30.3 Å². The summed E-state index contributed by atoms with van der Waals surface area (Å²) in [5.74, 6) is 0.0126. The van der Waals surface area contributed by atoms with Crippen molar-refractivity contribution in [2.75, 3.05) is 19.4 Å². The van der Waals surface area contributed by atoms with Crippen molar-refractivity contribution in [3.8, 4) is 5.75 Å². The van der Waals surface area contributed by atoms with Crippen LogP contribution in [-0.2, 0) is 16.6 Å². The van der Waals surface area contributed by atoms with Gasteiger partial charge < -0.3 is 14.5 Å². The van der Waals surface area contributed by atoms with Crippen LogP contribution in [0.15, 0.2) is 65.8 Å². The third kappa shape index (κ3) is 4.91. The number of aryl methyl sites for hydroxylation is 2. The van der Waals surface area contributed by atoms with Crippen molar-refractivity contribution in [2.24, 2.45) is 0 Å². The third-order valence-electron chi connectivity index (χ3n) is 5.90. The monoisotopic (exact) mass is 492 g/mol. The van der Waals surface area contributed by atoms with Crippen LogP contribution in [-0.4, -0.2) is 42.1 Å². The lowest BCUT2D eigenvalue weighted by Gasteiger charge is -2.17. The zero-order valence-corrected chi connectivity index (χ0v) is 21.2. The molecule has 0 aliphatic rings. The summed E-state index contributed by atoms with van der Waals surface area (Å²) in [4.78, 5) is 18.0. The molecule has 4 aromatic rings. The number of hydrogen-bond acceptors (Lipinski definition) is 5. The van der Waals surface area contributed by atoms with E-state index in [0.29, 0.717) is 17.0 Å². The maximum absolute atomic E-state index is 13.2. The fraction of sp³-hybridized carbons (Fsp3) is 0.231. The zero-order valence-electron chi connectivity index (χ0n) is 20.4. The van der Waals surface area contributed by atoms with Crippen molar-refractivity contribution < 1.29 is 17.9 Å². The Kier molecular flexibility index (Phi) is 6.64. The number of ether oxygens (including phenoxy) is 1. The van der Waals surface area contributed by atoms with Crippen LogP contribution in [0.3, 0.4) is 0 Å². The van der Waals surface area contributed by atoms with Crippen molar-refractivity contribution in [3.63, 3.8) is 0 Å². The molecule has 35 heavy (non-hydrogen) atoms. The molecule has 0 saturated carbocycles. The number of benzene rings is 2. The molecular formula is C26H28N4O4S. The van der Waals surface area contributed by atoms with Crippen molar-refractivity contribution in [3.05, 3.63) is 88.9 Å². The molecule has 0 unspecified atom stereocenters. The summed E-state index contributed by atoms with van der Waals surface area (Å²) >= 11 is 0. The van der Waals surface area contributed by atoms with Crippen molar-refractivity contribution in [2.45, 2.75) is 32.3 Å². The number of para-hydroxylation sites is 1. The van der Waals surface area contributed by atoms with Crippen LogP contribution in [0, 0.1) is 20.8 Å². The lowest BCUT2D eigenvalue weighted by Crippen LogP contribution is -2.23. The van der Waals surface area contributed by atoms with Crippen LogP contribution in [0.5, 0.6) is 5.75 Å². The van der Waals surface area contributed by atoms with E-state index in [0.717, 1.165) is 32.3 Å². The van der Waals surface area contributed by atoms with E-state index in [-0.39, 0.29) is 11.5 Å². The second-order valence-electron chi connectivity index (χ2n) is 8.59. The van der Waals surface area contributed by atoms with Gasteiger partial charge in [0.1, 0.15) is 18.0 Å². The van der Waals surface area contributed by atoms with Crippen LogP contribution in [0.4, 0.5) is 5.69 Å². The largest absolute Gasteiger partial charge is 0.486 e. The van der Waals surface area contributed by atoms with Gasteiger partial charge in [-0.2, -0.15) is 0 Å². The molecule has 0 radical (unpaired) electrons. The van der Waals surface area contributed by atoms with Gasteiger partial charge in [-0.1, -0.05) is 18.2 Å². The van der Waals surface area contributed by atoms with E-state index in [9.17, 15) is 13.2 Å². The van der Waals surface area contributed by atoms with Gasteiger partial charge in [0.25, 0.3) is 5.91 Å². The van der Waals surface area contributed by atoms with Gasteiger partial charge in [-0.25, -0.2) is 17.7 Å². The minimum absolute atomic E-state index is 0.118. The Labute approximate surface area is 205 Å². The second kappa shape index (κ2) is 9.52. The lowest BCUT2D eigenvalue weighted by atomic mass is 10.1. The molecule has 2 aromatic heterocycles. The number of imidazole rings is 1. The number of anilines is 1. The quantitative estimate of drug-likeness (QED) is 0.414. The highest BCUT2D eigenvalue weighted by atomic mass is 32.2. The third-order valence-corrected chi connectivity index (χ3v) is 7.70. The van der Waals surface area contributed by atoms with Gasteiger partial charge in [-0.05, 0) is 67.8 Å². The molecule has 0 atom stereocenters. The first-order valence-electron chi connectivity index (χ1n) is 11.1. The van der Waals surface area contributed by atoms with Crippen molar-refractivity contribution in [1.29, 1.82) is 0 Å². The average Bonchev–Trinajstić information content (AvgIpc) is 3.25. The first kappa shape index (κ1) is 24.4. The highest BCUT2D eigenvalue weighted by molar-refractivity contribution is 7.89.